The van der Waals surface area contributed by atoms with Gasteiger partial charge in [-0.3, -0.25) is 4.99 Å². The molecule has 0 radical (unpaired) electrons. The van der Waals surface area contributed by atoms with E-state index in [9.17, 15) is 5.11 Å². The summed E-state index contributed by atoms with van der Waals surface area (Å²) in [5.41, 5.74) is 0. The topological polar surface area (TPSA) is 69.8 Å². The number of aliphatic imine (C=N–C) groups is 1. The molecule has 3 N–H and O–H groups in total. The van der Waals surface area contributed by atoms with E-state index in [1.54, 1.807) is 6.26 Å². The third-order valence-corrected chi connectivity index (χ3v) is 5.51. The van der Waals surface area contributed by atoms with Crippen LogP contribution in [0, 0.1) is 5.92 Å². The van der Waals surface area contributed by atoms with Crippen molar-refractivity contribution in [3.63, 3.8) is 0 Å². The van der Waals surface area contributed by atoms with E-state index in [1.165, 1.54) is 32.1 Å². The predicted molar refractivity (Wildman–Crippen MR) is 116 cm³/mol. The smallest absolute Gasteiger partial charge is 0.191 e. The van der Waals surface area contributed by atoms with Gasteiger partial charge in [-0.1, -0.05) is 19.3 Å². The second-order valence-electron chi connectivity index (χ2n) is 7.60. The second-order valence-corrected chi connectivity index (χ2v) is 7.60. The van der Waals surface area contributed by atoms with E-state index >= 15 is 0 Å². The Kier molecular flexibility index (Phi) is 9.82. The molecule has 1 aromatic rings. The zero-order valence-corrected chi connectivity index (χ0v) is 18.0. The summed E-state index contributed by atoms with van der Waals surface area (Å²) < 4.78 is 5.40. The fourth-order valence-corrected chi connectivity index (χ4v) is 3.92. The highest BCUT2D eigenvalue weighted by atomic mass is 127. The number of rotatable bonds is 6. The molecule has 1 heterocycles. The summed E-state index contributed by atoms with van der Waals surface area (Å²) in [5, 5.41) is 16.8. The number of aliphatic hydroxyl groups excluding tert-OH is 1. The first-order valence-corrected chi connectivity index (χ1v) is 10.0. The van der Waals surface area contributed by atoms with Crippen LogP contribution in [0.2, 0.25) is 0 Å². The van der Waals surface area contributed by atoms with Crippen LogP contribution in [0.3, 0.4) is 0 Å². The van der Waals surface area contributed by atoms with Crippen LogP contribution >= 0.6 is 24.0 Å². The minimum Gasteiger partial charge on any atom is -0.469 e. The Morgan fingerprint density at radius 3 is 2.58 bits per heavy atom. The fraction of sp³-hybridized carbons (Fsp3) is 0.750. The van der Waals surface area contributed by atoms with Crippen molar-refractivity contribution in [2.24, 2.45) is 10.9 Å². The molecule has 0 saturated heterocycles. The van der Waals surface area contributed by atoms with Crippen molar-refractivity contribution >= 4 is 29.9 Å². The van der Waals surface area contributed by atoms with E-state index in [-0.39, 0.29) is 30.1 Å². The Hall–Kier alpha value is -0.760. The van der Waals surface area contributed by atoms with Gasteiger partial charge < -0.3 is 20.2 Å². The molecule has 0 bridgehead atoms. The molecule has 2 saturated carbocycles. The molecule has 26 heavy (non-hydrogen) atoms. The first-order valence-electron chi connectivity index (χ1n) is 10.0. The maximum absolute atomic E-state index is 9.70. The number of guanidine groups is 1. The molecule has 0 atom stereocenters. The molecule has 6 heteroatoms. The lowest BCUT2D eigenvalue weighted by Gasteiger charge is -2.28. The van der Waals surface area contributed by atoms with Gasteiger partial charge in [-0.2, -0.15) is 0 Å². The van der Waals surface area contributed by atoms with Crippen molar-refractivity contribution in [3.8, 4) is 0 Å². The summed E-state index contributed by atoms with van der Waals surface area (Å²) in [7, 11) is 0. The first-order chi connectivity index (χ1) is 12.3. The zero-order chi connectivity index (χ0) is 17.3. The molecule has 0 aromatic carbocycles. The maximum atomic E-state index is 9.70. The maximum Gasteiger partial charge on any atom is 0.191 e. The van der Waals surface area contributed by atoms with Crippen LogP contribution < -0.4 is 10.6 Å². The average Bonchev–Trinajstić information content (AvgIpc) is 3.16. The number of hydrogen-bond donors (Lipinski definition) is 3. The van der Waals surface area contributed by atoms with Gasteiger partial charge in [-0.15, -0.1) is 24.0 Å². The molecule has 0 unspecified atom stereocenters. The molecular weight excluding hydrogens is 441 g/mol. The molecule has 1 aromatic heterocycles. The molecule has 2 aliphatic rings. The summed E-state index contributed by atoms with van der Waals surface area (Å²) in [6.07, 6.45) is 13.0. The van der Waals surface area contributed by atoms with Gasteiger partial charge in [0.1, 0.15) is 5.76 Å². The third kappa shape index (κ3) is 7.47. The van der Waals surface area contributed by atoms with Crippen LogP contribution in [0.4, 0.5) is 0 Å². The lowest BCUT2D eigenvalue weighted by Crippen LogP contribution is -2.46. The number of nitrogens with zero attached hydrogens (tertiary/aromatic N) is 1. The Morgan fingerprint density at radius 2 is 1.88 bits per heavy atom. The minimum atomic E-state index is -0.118. The first kappa shape index (κ1) is 21.5. The van der Waals surface area contributed by atoms with Gasteiger partial charge in [0.15, 0.2) is 5.96 Å². The lowest BCUT2D eigenvalue weighted by atomic mass is 9.89. The van der Waals surface area contributed by atoms with Crippen molar-refractivity contribution in [1.29, 1.82) is 0 Å². The molecular formula is C20H34IN3O2. The number of halogens is 1. The van der Waals surface area contributed by atoms with Crippen molar-refractivity contribution in [3.05, 3.63) is 24.2 Å². The van der Waals surface area contributed by atoms with Gasteiger partial charge in [-0.25, -0.2) is 0 Å². The van der Waals surface area contributed by atoms with E-state index in [0.717, 1.165) is 62.8 Å². The highest BCUT2D eigenvalue weighted by molar-refractivity contribution is 14.0. The van der Waals surface area contributed by atoms with Gasteiger partial charge >= 0.3 is 0 Å². The molecule has 0 amide bonds. The second kappa shape index (κ2) is 11.8. The SMILES string of the molecule is I.OC1CCC(NC(=NCC2CCCCC2)NCCc2ccco2)CC1. The molecule has 0 spiro atoms. The van der Waals surface area contributed by atoms with Crippen LogP contribution in [-0.4, -0.2) is 36.3 Å². The summed E-state index contributed by atoms with van der Waals surface area (Å²) >= 11 is 0. The van der Waals surface area contributed by atoms with Gasteiger partial charge in [0.05, 0.1) is 12.4 Å². The van der Waals surface area contributed by atoms with Crippen LogP contribution in [0.1, 0.15) is 63.5 Å². The molecule has 3 rings (SSSR count). The van der Waals surface area contributed by atoms with Crippen molar-refractivity contribution in [1.82, 2.24) is 10.6 Å². The quantitative estimate of drug-likeness (QED) is 0.332. The largest absolute Gasteiger partial charge is 0.469 e. The Bertz CT molecular complexity index is 507. The van der Waals surface area contributed by atoms with Crippen LogP contribution in [0.5, 0.6) is 0 Å². The molecule has 148 valence electrons. The highest BCUT2D eigenvalue weighted by Crippen LogP contribution is 2.23. The number of furan rings is 1. The Labute approximate surface area is 174 Å². The van der Waals surface area contributed by atoms with E-state index < -0.39 is 0 Å². The minimum absolute atomic E-state index is 0. The number of aliphatic hydroxyl groups is 1. The fourth-order valence-electron chi connectivity index (χ4n) is 3.92. The lowest BCUT2D eigenvalue weighted by molar-refractivity contribution is 0.120. The summed E-state index contributed by atoms with van der Waals surface area (Å²) in [6, 6.07) is 4.36. The Balaban J connectivity index is 0.00000243. The number of hydrogen-bond acceptors (Lipinski definition) is 3. The van der Waals surface area contributed by atoms with Gasteiger partial charge in [-0.05, 0) is 56.6 Å². The van der Waals surface area contributed by atoms with Gasteiger partial charge in [0, 0.05) is 25.6 Å². The third-order valence-electron chi connectivity index (χ3n) is 5.51. The van der Waals surface area contributed by atoms with E-state index in [0.29, 0.717) is 6.04 Å². The highest BCUT2D eigenvalue weighted by Gasteiger charge is 2.20. The zero-order valence-electron chi connectivity index (χ0n) is 15.7. The van der Waals surface area contributed by atoms with Crippen molar-refractivity contribution in [2.75, 3.05) is 13.1 Å². The summed E-state index contributed by atoms with van der Waals surface area (Å²) in [5.74, 6) is 2.67. The van der Waals surface area contributed by atoms with E-state index in [2.05, 4.69) is 10.6 Å². The molecule has 2 fully saturated rings. The Morgan fingerprint density at radius 1 is 1.12 bits per heavy atom. The van der Waals surface area contributed by atoms with Crippen LogP contribution in [0.15, 0.2) is 27.8 Å². The molecule has 0 aliphatic heterocycles. The van der Waals surface area contributed by atoms with Crippen LogP contribution in [0.25, 0.3) is 0 Å². The predicted octanol–water partition coefficient (Wildman–Crippen LogP) is 3.86. The van der Waals surface area contributed by atoms with E-state index in [4.69, 9.17) is 9.41 Å². The van der Waals surface area contributed by atoms with Gasteiger partial charge in [0.25, 0.3) is 0 Å². The monoisotopic (exact) mass is 475 g/mol. The van der Waals surface area contributed by atoms with Crippen LogP contribution in [-0.2, 0) is 6.42 Å². The summed E-state index contributed by atoms with van der Waals surface area (Å²) in [6.45, 7) is 1.74. The number of nitrogens with one attached hydrogen (secondary N) is 2. The summed E-state index contributed by atoms with van der Waals surface area (Å²) in [4.78, 5) is 4.88. The molecule has 5 nitrogen and oxygen atoms in total. The van der Waals surface area contributed by atoms with Crippen molar-refractivity contribution in [2.45, 2.75) is 76.4 Å². The molecule has 2 aliphatic carbocycles. The average molecular weight is 475 g/mol. The van der Waals surface area contributed by atoms with Crippen molar-refractivity contribution < 1.29 is 9.52 Å². The normalized spacial score (nSPS) is 24.7. The standard InChI is InChI=1S/C20H33N3O2.HI/c24-18-10-8-17(9-11-18)23-20(21-13-12-19-7-4-14-25-19)22-15-16-5-2-1-3-6-16;/h4,7,14,16-18,24H,1-3,5-6,8-13,15H2,(H2,21,22,23);1H. The van der Waals surface area contributed by atoms with Gasteiger partial charge in [0.2, 0.25) is 0 Å². The van der Waals surface area contributed by atoms with E-state index in [1.807, 2.05) is 12.1 Å².